The standard InChI is InChI=1S/C35H30N2O4/c1-40-35(39)33(37-32-16-8-6-14-30(32)34(38)27-11-3-2-4-12-27)24-25-17-21-29(22-18-25)41-23-9-13-28-20-19-26-10-5-7-15-31(26)36-28/h2-22,33,37H,23-24H2,1H3. The third kappa shape index (κ3) is 7.05. The first-order chi connectivity index (χ1) is 20.1. The summed E-state index contributed by atoms with van der Waals surface area (Å²) in [6.45, 7) is 0.395. The smallest absolute Gasteiger partial charge is 0.328 e. The number of aromatic nitrogens is 1. The molecule has 0 aliphatic carbocycles. The maximum Gasteiger partial charge on any atom is 0.328 e. The van der Waals surface area contributed by atoms with Gasteiger partial charge in [-0.25, -0.2) is 9.78 Å². The number of anilines is 1. The van der Waals surface area contributed by atoms with Crippen LogP contribution >= 0.6 is 0 Å². The van der Waals surface area contributed by atoms with Gasteiger partial charge in [0, 0.05) is 28.6 Å². The summed E-state index contributed by atoms with van der Waals surface area (Å²) in [5, 5.41) is 4.35. The first-order valence-corrected chi connectivity index (χ1v) is 13.4. The number of carbonyl (C=O) groups excluding carboxylic acids is 2. The fourth-order valence-electron chi connectivity index (χ4n) is 4.52. The maximum absolute atomic E-state index is 13.1. The normalized spacial score (nSPS) is 11.7. The molecule has 0 fully saturated rings. The fourth-order valence-corrected chi connectivity index (χ4v) is 4.52. The van der Waals surface area contributed by atoms with Crippen molar-refractivity contribution >= 4 is 34.4 Å². The van der Waals surface area contributed by atoms with E-state index in [1.165, 1.54) is 7.11 Å². The lowest BCUT2D eigenvalue weighted by Gasteiger charge is -2.20. The van der Waals surface area contributed by atoms with Crippen molar-refractivity contribution in [2.45, 2.75) is 12.5 Å². The second-order valence-corrected chi connectivity index (χ2v) is 9.45. The fraction of sp³-hybridized carbons (Fsp3) is 0.114. The molecule has 1 N–H and O–H groups in total. The molecule has 0 saturated heterocycles. The molecule has 0 bridgehead atoms. The molecule has 1 heterocycles. The second-order valence-electron chi connectivity index (χ2n) is 9.45. The van der Waals surface area contributed by atoms with Gasteiger partial charge >= 0.3 is 5.97 Å². The number of hydrogen-bond donors (Lipinski definition) is 1. The Balaban J connectivity index is 1.21. The topological polar surface area (TPSA) is 77.5 Å². The maximum atomic E-state index is 13.1. The van der Waals surface area contributed by atoms with Crippen LogP contribution in [0.4, 0.5) is 5.69 Å². The van der Waals surface area contributed by atoms with Crippen LogP contribution in [0.25, 0.3) is 17.0 Å². The van der Waals surface area contributed by atoms with E-state index < -0.39 is 12.0 Å². The number of nitrogens with zero attached hydrogens (tertiary/aromatic N) is 1. The van der Waals surface area contributed by atoms with E-state index in [1.807, 2.05) is 91.0 Å². The van der Waals surface area contributed by atoms with Crippen molar-refractivity contribution in [3.05, 3.63) is 144 Å². The van der Waals surface area contributed by atoms with E-state index in [2.05, 4.69) is 16.4 Å². The van der Waals surface area contributed by atoms with Gasteiger partial charge in [0.15, 0.2) is 5.78 Å². The molecule has 0 saturated carbocycles. The number of pyridine rings is 1. The predicted molar refractivity (Wildman–Crippen MR) is 162 cm³/mol. The average Bonchev–Trinajstić information content (AvgIpc) is 3.03. The summed E-state index contributed by atoms with van der Waals surface area (Å²) in [5.41, 5.74) is 4.39. The molecule has 1 unspecified atom stereocenters. The molecule has 4 aromatic carbocycles. The zero-order valence-corrected chi connectivity index (χ0v) is 22.7. The third-order valence-electron chi connectivity index (χ3n) is 6.64. The van der Waals surface area contributed by atoms with Crippen LogP contribution in [0.3, 0.4) is 0 Å². The van der Waals surface area contributed by atoms with Gasteiger partial charge in [-0.1, -0.05) is 78.9 Å². The van der Waals surface area contributed by atoms with E-state index in [1.54, 1.807) is 30.3 Å². The SMILES string of the molecule is COC(=O)C(Cc1ccc(OCC=Cc2ccc3ccccc3n2)cc1)Nc1ccccc1C(=O)c1ccccc1. The molecule has 0 spiro atoms. The molecule has 5 rings (SSSR count). The summed E-state index contributed by atoms with van der Waals surface area (Å²) < 4.78 is 10.9. The Labute approximate surface area is 239 Å². The van der Waals surface area contributed by atoms with Gasteiger partial charge in [-0.05, 0) is 54.1 Å². The molecular formula is C35H30N2O4. The predicted octanol–water partition coefficient (Wildman–Crippen LogP) is 6.75. The largest absolute Gasteiger partial charge is 0.490 e. The zero-order chi connectivity index (χ0) is 28.4. The van der Waals surface area contributed by atoms with Crippen LogP contribution in [0.15, 0.2) is 121 Å². The number of benzene rings is 4. The monoisotopic (exact) mass is 542 g/mol. The number of methoxy groups -OCH3 is 1. The number of ketones is 1. The number of fused-ring (bicyclic) bond motifs is 1. The highest BCUT2D eigenvalue weighted by Crippen LogP contribution is 2.22. The van der Waals surface area contributed by atoms with Crippen molar-refractivity contribution in [2.24, 2.45) is 0 Å². The average molecular weight is 543 g/mol. The van der Waals surface area contributed by atoms with Crippen molar-refractivity contribution in [3.8, 4) is 5.75 Å². The molecule has 1 atom stereocenters. The Kier molecular flexibility index (Phi) is 8.81. The summed E-state index contributed by atoms with van der Waals surface area (Å²) in [5.74, 6) is 0.176. The molecule has 6 nitrogen and oxygen atoms in total. The molecule has 1 aromatic heterocycles. The number of nitrogens with one attached hydrogen (secondary N) is 1. The Morgan fingerprint density at radius 1 is 0.829 bits per heavy atom. The van der Waals surface area contributed by atoms with Crippen molar-refractivity contribution in [3.63, 3.8) is 0 Å². The molecule has 204 valence electrons. The van der Waals surface area contributed by atoms with E-state index in [-0.39, 0.29) is 5.78 Å². The molecule has 5 aromatic rings. The first-order valence-electron chi connectivity index (χ1n) is 13.4. The highest BCUT2D eigenvalue weighted by molar-refractivity contribution is 6.12. The Morgan fingerprint density at radius 3 is 2.37 bits per heavy atom. The molecule has 0 aliphatic rings. The molecule has 0 amide bonds. The van der Waals surface area contributed by atoms with E-state index in [0.717, 1.165) is 22.2 Å². The molecule has 0 radical (unpaired) electrons. The van der Waals surface area contributed by atoms with Gasteiger partial charge < -0.3 is 14.8 Å². The van der Waals surface area contributed by atoms with Crippen LogP contribution in [0, 0.1) is 0 Å². The van der Waals surface area contributed by atoms with Crippen LogP contribution in [0.1, 0.15) is 27.2 Å². The Hall–Kier alpha value is -5.23. The lowest BCUT2D eigenvalue weighted by molar-refractivity contribution is -0.141. The van der Waals surface area contributed by atoms with Crippen molar-refractivity contribution in [1.82, 2.24) is 4.98 Å². The highest BCUT2D eigenvalue weighted by atomic mass is 16.5. The molecule has 0 aliphatic heterocycles. The lowest BCUT2D eigenvalue weighted by Crippen LogP contribution is -2.33. The zero-order valence-electron chi connectivity index (χ0n) is 22.7. The number of para-hydroxylation sites is 2. The van der Waals surface area contributed by atoms with Gasteiger partial charge in [0.2, 0.25) is 0 Å². The van der Waals surface area contributed by atoms with Gasteiger partial charge in [-0.2, -0.15) is 0 Å². The summed E-state index contributed by atoms with van der Waals surface area (Å²) in [7, 11) is 1.36. The van der Waals surface area contributed by atoms with Gasteiger partial charge in [-0.3, -0.25) is 4.79 Å². The van der Waals surface area contributed by atoms with Crippen molar-refractivity contribution < 1.29 is 19.1 Å². The van der Waals surface area contributed by atoms with E-state index in [0.29, 0.717) is 35.6 Å². The minimum Gasteiger partial charge on any atom is -0.490 e. The molecule has 41 heavy (non-hydrogen) atoms. The minimum atomic E-state index is -0.686. The number of carbonyl (C=O) groups is 2. The lowest BCUT2D eigenvalue weighted by atomic mass is 10.00. The quantitative estimate of drug-likeness (QED) is 0.147. The van der Waals surface area contributed by atoms with Crippen LogP contribution in [0.2, 0.25) is 0 Å². The van der Waals surface area contributed by atoms with Crippen LogP contribution in [-0.4, -0.2) is 36.5 Å². The Morgan fingerprint density at radius 2 is 1.56 bits per heavy atom. The van der Waals surface area contributed by atoms with Crippen LogP contribution < -0.4 is 10.1 Å². The summed E-state index contributed by atoms with van der Waals surface area (Å²) >= 11 is 0. The van der Waals surface area contributed by atoms with Crippen molar-refractivity contribution in [1.29, 1.82) is 0 Å². The van der Waals surface area contributed by atoms with Gasteiger partial charge in [0.1, 0.15) is 18.4 Å². The third-order valence-corrected chi connectivity index (χ3v) is 6.64. The van der Waals surface area contributed by atoms with E-state index in [4.69, 9.17) is 9.47 Å². The summed E-state index contributed by atoms with van der Waals surface area (Å²) in [6, 6.07) is 35.2. The summed E-state index contributed by atoms with van der Waals surface area (Å²) in [6.07, 6.45) is 4.23. The van der Waals surface area contributed by atoms with Gasteiger partial charge in [0.25, 0.3) is 0 Å². The van der Waals surface area contributed by atoms with E-state index >= 15 is 0 Å². The number of hydrogen-bond acceptors (Lipinski definition) is 6. The summed E-state index contributed by atoms with van der Waals surface area (Å²) in [4.78, 5) is 30.5. The van der Waals surface area contributed by atoms with Crippen molar-refractivity contribution in [2.75, 3.05) is 19.0 Å². The number of esters is 1. The van der Waals surface area contributed by atoms with Crippen LogP contribution in [-0.2, 0) is 16.0 Å². The second kappa shape index (κ2) is 13.2. The molecular weight excluding hydrogens is 512 g/mol. The van der Waals surface area contributed by atoms with E-state index in [9.17, 15) is 9.59 Å². The highest BCUT2D eigenvalue weighted by Gasteiger charge is 2.22. The van der Waals surface area contributed by atoms with Gasteiger partial charge in [-0.15, -0.1) is 0 Å². The first kappa shape index (κ1) is 27.3. The Bertz CT molecular complexity index is 1660. The van der Waals surface area contributed by atoms with Crippen LogP contribution in [0.5, 0.6) is 5.75 Å². The minimum absolute atomic E-state index is 0.121. The molecule has 6 heteroatoms. The number of ether oxygens (including phenoxy) is 2. The number of rotatable bonds is 11. The van der Waals surface area contributed by atoms with Gasteiger partial charge in [0.05, 0.1) is 18.3 Å².